The van der Waals surface area contributed by atoms with Crippen molar-refractivity contribution in [3.05, 3.63) is 192 Å². The number of aryl methyl sites for hydroxylation is 1. The number of carbonyl (C=O) groups is 2. The van der Waals surface area contributed by atoms with Crippen LogP contribution >= 0.6 is 0 Å². The third-order valence-electron chi connectivity index (χ3n) is 9.64. The topological polar surface area (TPSA) is 90.0 Å². The molecule has 0 radical (unpaired) electrons. The number of sulfonamides is 1. The Morgan fingerprint density at radius 3 is 1.71 bits per heavy atom. The summed E-state index contributed by atoms with van der Waals surface area (Å²) in [4.78, 5) is 30.1. The number of rotatable bonds is 11. The van der Waals surface area contributed by atoms with Crippen molar-refractivity contribution >= 4 is 38.4 Å². The van der Waals surface area contributed by atoms with Gasteiger partial charge in [0.15, 0.2) is 0 Å². The number of hydrogen-bond acceptors (Lipinski definition) is 6. The van der Waals surface area contributed by atoms with Gasteiger partial charge in [0, 0.05) is 5.92 Å². The molecule has 7 nitrogen and oxygen atoms in total. The smallest absolute Gasteiger partial charge is 0.327 e. The molecule has 0 aromatic heterocycles. The van der Waals surface area contributed by atoms with Crippen LogP contribution in [0.1, 0.15) is 28.2 Å². The van der Waals surface area contributed by atoms with Crippen LogP contribution in [0.4, 0.5) is 5.69 Å². The molecular weight excluding hydrogens is 671 g/mol. The number of benzene rings is 6. The van der Waals surface area contributed by atoms with Gasteiger partial charge in [-0.15, -0.1) is 0 Å². The summed E-state index contributed by atoms with van der Waals surface area (Å²) in [5, 5.41) is 1.84. The Morgan fingerprint density at radius 1 is 0.654 bits per heavy atom. The van der Waals surface area contributed by atoms with Gasteiger partial charge in [0.1, 0.15) is 13.2 Å². The molecule has 0 unspecified atom stereocenters. The van der Waals surface area contributed by atoms with Gasteiger partial charge in [-0.05, 0) is 64.2 Å². The molecule has 6 aromatic carbocycles. The van der Waals surface area contributed by atoms with Crippen molar-refractivity contribution in [2.75, 3.05) is 4.31 Å². The molecule has 0 amide bonds. The average molecular weight is 708 g/mol. The van der Waals surface area contributed by atoms with Crippen molar-refractivity contribution in [2.45, 2.75) is 37.0 Å². The van der Waals surface area contributed by atoms with Gasteiger partial charge in [-0.25, -0.2) is 8.42 Å². The van der Waals surface area contributed by atoms with Crippen LogP contribution in [0, 0.1) is 12.3 Å². The summed E-state index contributed by atoms with van der Waals surface area (Å²) in [5.41, 5.74) is 1.29. The summed E-state index contributed by atoms with van der Waals surface area (Å²) >= 11 is 0. The number of nitrogens with zero attached hydrogens (tertiary/aromatic N) is 1. The predicted octanol–water partition coefficient (Wildman–Crippen LogP) is 8.54. The lowest BCUT2D eigenvalue weighted by atomic mass is 9.51. The largest absolute Gasteiger partial charge is 0.460 e. The zero-order chi connectivity index (χ0) is 36.3. The Labute approximate surface area is 303 Å². The zero-order valence-corrected chi connectivity index (χ0v) is 29.4. The molecule has 8 heteroatoms. The van der Waals surface area contributed by atoms with Gasteiger partial charge in [0.2, 0.25) is 5.41 Å². The Morgan fingerprint density at radius 2 is 1.15 bits per heavy atom. The molecule has 0 bridgehead atoms. The van der Waals surface area contributed by atoms with Crippen LogP contribution in [-0.4, -0.2) is 26.4 Å². The molecule has 260 valence electrons. The van der Waals surface area contributed by atoms with Crippen LogP contribution in [0.25, 0.3) is 10.8 Å². The molecule has 0 heterocycles. The van der Waals surface area contributed by atoms with Crippen molar-refractivity contribution in [1.29, 1.82) is 0 Å². The number of fused-ring (bicyclic) bond motifs is 1. The van der Waals surface area contributed by atoms with E-state index in [0.717, 1.165) is 20.6 Å². The second-order valence-corrected chi connectivity index (χ2v) is 14.8. The minimum Gasteiger partial charge on any atom is -0.460 e. The van der Waals surface area contributed by atoms with E-state index in [4.69, 9.17) is 9.47 Å². The van der Waals surface area contributed by atoms with E-state index in [-0.39, 0.29) is 23.8 Å². The van der Waals surface area contributed by atoms with Crippen LogP contribution in [-0.2, 0) is 42.3 Å². The van der Waals surface area contributed by atoms with Crippen LogP contribution in [0.2, 0.25) is 0 Å². The second kappa shape index (κ2) is 14.3. The summed E-state index contributed by atoms with van der Waals surface area (Å²) in [5.74, 6) is -2.82. The maximum absolute atomic E-state index is 15.0. The third-order valence-corrected chi connectivity index (χ3v) is 11.4. The lowest BCUT2D eigenvalue weighted by Gasteiger charge is -2.56. The van der Waals surface area contributed by atoms with Crippen molar-refractivity contribution in [3.8, 4) is 0 Å². The molecule has 1 saturated carbocycles. The Balaban J connectivity index is 1.44. The van der Waals surface area contributed by atoms with Crippen LogP contribution < -0.4 is 4.31 Å². The van der Waals surface area contributed by atoms with Gasteiger partial charge in [-0.2, -0.15) is 0 Å². The third kappa shape index (κ3) is 6.26. The van der Waals surface area contributed by atoms with Crippen molar-refractivity contribution in [3.63, 3.8) is 0 Å². The summed E-state index contributed by atoms with van der Waals surface area (Å²) < 4.78 is 43.1. The van der Waals surface area contributed by atoms with Gasteiger partial charge in [-0.1, -0.05) is 146 Å². The summed E-state index contributed by atoms with van der Waals surface area (Å²) in [7, 11) is -4.42. The highest BCUT2D eigenvalue weighted by atomic mass is 32.2. The lowest BCUT2D eigenvalue weighted by Crippen LogP contribution is -2.70. The van der Waals surface area contributed by atoms with Crippen molar-refractivity contribution < 1.29 is 27.5 Å². The molecular formula is C44H37NO6S. The van der Waals surface area contributed by atoms with Crippen LogP contribution in [0.5, 0.6) is 0 Å². The van der Waals surface area contributed by atoms with E-state index in [0.29, 0.717) is 22.3 Å². The molecule has 7 rings (SSSR count). The van der Waals surface area contributed by atoms with Crippen LogP contribution in [0.3, 0.4) is 0 Å². The first-order valence-electron chi connectivity index (χ1n) is 17.0. The minimum absolute atomic E-state index is 0.00638. The molecule has 0 N–H and O–H groups in total. The molecule has 0 spiro atoms. The van der Waals surface area contributed by atoms with Gasteiger partial charge in [-0.3, -0.25) is 13.9 Å². The fraction of sp³-hybridized carbons (Fsp3) is 0.136. The first kappa shape index (κ1) is 34.5. The highest BCUT2D eigenvalue weighted by Crippen LogP contribution is 2.61. The summed E-state index contributed by atoms with van der Waals surface area (Å²) in [6.07, 6.45) is 0. The predicted molar refractivity (Wildman–Crippen MR) is 202 cm³/mol. The first-order chi connectivity index (χ1) is 25.2. The maximum atomic E-state index is 15.0. The zero-order valence-electron chi connectivity index (χ0n) is 28.6. The van der Waals surface area contributed by atoms with E-state index in [2.05, 4.69) is 6.58 Å². The maximum Gasteiger partial charge on any atom is 0.327 e. The summed E-state index contributed by atoms with van der Waals surface area (Å²) in [6.45, 7) is 6.00. The second-order valence-electron chi connectivity index (χ2n) is 13.0. The van der Waals surface area contributed by atoms with E-state index in [1.54, 1.807) is 42.5 Å². The number of ether oxygens (including phenoxy) is 2. The van der Waals surface area contributed by atoms with E-state index < -0.39 is 39.3 Å². The standard InChI is InChI=1S/C44H37NO6S/c1-31-22-26-39(27-23-31)52(48,49)45(38-20-10-5-11-21-38)41-32(2)40(37-25-24-35-18-12-13-19-36(35)28-37)44(41,42(46)50-29-33-14-6-3-7-15-33)43(47)51-30-34-16-8-4-9-17-34/h3-28,40-41H,2,29-30H2,1H3/t40-,41+/m0/s1. The molecule has 2 atom stereocenters. The van der Waals surface area contributed by atoms with Crippen molar-refractivity contribution in [1.82, 2.24) is 0 Å². The SMILES string of the molecule is C=C1[C@@H](c2ccc3ccccc3c2)C(C(=O)OCc2ccccc2)(C(=O)OCc2ccccc2)[C@@H]1N(c1ccccc1)S(=O)(=O)c1ccc(C)cc1. The van der Waals surface area contributed by atoms with E-state index in [9.17, 15) is 8.42 Å². The van der Waals surface area contributed by atoms with Gasteiger partial charge < -0.3 is 9.47 Å². The molecule has 52 heavy (non-hydrogen) atoms. The van der Waals surface area contributed by atoms with Gasteiger partial charge in [0.05, 0.1) is 16.6 Å². The lowest BCUT2D eigenvalue weighted by molar-refractivity contribution is -0.181. The Hall–Kier alpha value is -5.99. The molecule has 0 aliphatic heterocycles. The number of para-hydroxylation sites is 1. The molecule has 6 aromatic rings. The minimum atomic E-state index is -4.42. The Kier molecular flexibility index (Phi) is 9.49. The van der Waals surface area contributed by atoms with Crippen LogP contribution in [0.15, 0.2) is 175 Å². The number of esters is 2. The highest BCUT2D eigenvalue weighted by molar-refractivity contribution is 7.92. The highest BCUT2D eigenvalue weighted by Gasteiger charge is 2.73. The molecule has 1 fully saturated rings. The monoisotopic (exact) mass is 707 g/mol. The summed E-state index contributed by atoms with van der Waals surface area (Å²) in [6, 6.07) is 45.2. The molecule has 1 aliphatic rings. The fourth-order valence-corrected chi connectivity index (χ4v) is 8.74. The van der Waals surface area contributed by atoms with Gasteiger partial charge in [0.25, 0.3) is 10.0 Å². The van der Waals surface area contributed by atoms with E-state index >= 15 is 9.59 Å². The van der Waals surface area contributed by atoms with Gasteiger partial charge >= 0.3 is 11.9 Å². The normalized spacial score (nSPS) is 16.4. The fourth-order valence-electron chi connectivity index (χ4n) is 7.06. The molecule has 0 saturated heterocycles. The van der Waals surface area contributed by atoms with Crippen molar-refractivity contribution in [2.24, 2.45) is 5.41 Å². The van der Waals surface area contributed by atoms with E-state index in [1.165, 1.54) is 12.1 Å². The van der Waals surface area contributed by atoms with E-state index in [1.807, 2.05) is 110 Å². The number of hydrogen-bond donors (Lipinski definition) is 0. The quantitative estimate of drug-likeness (QED) is 0.0762. The number of anilines is 1. The average Bonchev–Trinajstić information content (AvgIpc) is 3.18. The Bertz CT molecular complexity index is 2290. The molecule has 1 aliphatic carbocycles. The first-order valence-corrected chi connectivity index (χ1v) is 18.4. The number of carbonyl (C=O) groups excluding carboxylic acids is 2.